The third kappa shape index (κ3) is 2.96. The van der Waals surface area contributed by atoms with E-state index in [1.165, 1.54) is 0 Å². The van der Waals surface area contributed by atoms with Gasteiger partial charge in [-0.2, -0.15) is 0 Å². The molecule has 1 aliphatic heterocycles. The molecule has 4 heteroatoms. The van der Waals surface area contributed by atoms with Crippen LogP contribution >= 0.6 is 0 Å². The molecule has 0 aromatic heterocycles. The number of hydrogen-bond acceptors (Lipinski definition) is 3. The summed E-state index contributed by atoms with van der Waals surface area (Å²) in [5.41, 5.74) is 6.93. The standard InChI is InChI=1S/C13H19FN2O/c1-10-9-16(5-2-6-17-10)12-4-3-11(8-15)13(14)7-12/h3-4,7,10H,2,5-6,8-9,15H2,1H3. The maximum Gasteiger partial charge on any atom is 0.129 e. The van der Waals surface area contributed by atoms with Crippen molar-refractivity contribution in [2.24, 2.45) is 5.73 Å². The van der Waals surface area contributed by atoms with E-state index in [9.17, 15) is 4.39 Å². The molecule has 1 fully saturated rings. The number of rotatable bonds is 2. The summed E-state index contributed by atoms with van der Waals surface area (Å²) in [6.45, 7) is 4.78. The molecule has 1 aromatic carbocycles. The van der Waals surface area contributed by atoms with E-state index in [1.807, 2.05) is 13.0 Å². The van der Waals surface area contributed by atoms with Gasteiger partial charge in [-0.1, -0.05) is 6.07 Å². The quantitative estimate of drug-likeness (QED) is 0.855. The van der Waals surface area contributed by atoms with E-state index in [0.29, 0.717) is 5.56 Å². The highest BCUT2D eigenvalue weighted by Crippen LogP contribution is 2.20. The van der Waals surface area contributed by atoms with Crippen LogP contribution in [0.25, 0.3) is 0 Å². The fourth-order valence-corrected chi connectivity index (χ4v) is 2.13. The number of ether oxygens (including phenoxy) is 1. The molecule has 17 heavy (non-hydrogen) atoms. The Morgan fingerprint density at radius 1 is 1.53 bits per heavy atom. The lowest BCUT2D eigenvalue weighted by Gasteiger charge is -2.24. The van der Waals surface area contributed by atoms with Crippen molar-refractivity contribution in [3.63, 3.8) is 0 Å². The SMILES string of the molecule is CC1CN(c2ccc(CN)c(F)c2)CCCO1. The molecule has 1 aliphatic rings. The molecule has 0 aliphatic carbocycles. The largest absolute Gasteiger partial charge is 0.377 e. The minimum absolute atomic E-state index is 0.190. The Morgan fingerprint density at radius 2 is 2.35 bits per heavy atom. The molecule has 2 rings (SSSR count). The number of hydrogen-bond donors (Lipinski definition) is 1. The Hall–Kier alpha value is -1.13. The Kier molecular flexibility index (Phi) is 3.97. The van der Waals surface area contributed by atoms with Gasteiger partial charge in [0.1, 0.15) is 5.82 Å². The van der Waals surface area contributed by atoms with Gasteiger partial charge in [-0.3, -0.25) is 0 Å². The van der Waals surface area contributed by atoms with Crippen molar-refractivity contribution >= 4 is 5.69 Å². The van der Waals surface area contributed by atoms with Crippen LogP contribution < -0.4 is 10.6 Å². The maximum atomic E-state index is 13.7. The summed E-state index contributed by atoms with van der Waals surface area (Å²) < 4.78 is 19.2. The third-order valence-corrected chi connectivity index (χ3v) is 3.07. The van der Waals surface area contributed by atoms with Crippen LogP contribution in [-0.4, -0.2) is 25.8 Å². The van der Waals surface area contributed by atoms with Crippen molar-refractivity contribution in [1.29, 1.82) is 0 Å². The van der Waals surface area contributed by atoms with E-state index in [0.717, 1.165) is 31.8 Å². The fourth-order valence-electron chi connectivity index (χ4n) is 2.13. The minimum Gasteiger partial charge on any atom is -0.377 e. The van der Waals surface area contributed by atoms with Gasteiger partial charge >= 0.3 is 0 Å². The number of benzene rings is 1. The highest BCUT2D eigenvalue weighted by Gasteiger charge is 2.16. The van der Waals surface area contributed by atoms with Gasteiger partial charge in [0, 0.05) is 37.5 Å². The molecular formula is C13H19FN2O. The zero-order valence-electron chi connectivity index (χ0n) is 10.2. The molecule has 0 radical (unpaired) electrons. The van der Waals surface area contributed by atoms with E-state index >= 15 is 0 Å². The summed E-state index contributed by atoms with van der Waals surface area (Å²) in [7, 11) is 0. The predicted molar refractivity (Wildman–Crippen MR) is 66.5 cm³/mol. The monoisotopic (exact) mass is 238 g/mol. The lowest BCUT2D eigenvalue weighted by atomic mass is 10.1. The number of nitrogens with two attached hydrogens (primary N) is 1. The molecule has 1 saturated heterocycles. The molecule has 1 unspecified atom stereocenters. The topological polar surface area (TPSA) is 38.5 Å². The normalized spacial score (nSPS) is 21.4. The van der Waals surface area contributed by atoms with Crippen LogP contribution in [0.1, 0.15) is 18.9 Å². The van der Waals surface area contributed by atoms with Crippen molar-refractivity contribution in [3.05, 3.63) is 29.6 Å². The fraction of sp³-hybridized carbons (Fsp3) is 0.538. The smallest absolute Gasteiger partial charge is 0.129 e. The number of anilines is 1. The highest BCUT2D eigenvalue weighted by molar-refractivity contribution is 5.48. The Bertz CT molecular complexity index is 384. The van der Waals surface area contributed by atoms with E-state index in [1.54, 1.807) is 12.1 Å². The zero-order valence-corrected chi connectivity index (χ0v) is 10.2. The van der Waals surface area contributed by atoms with E-state index in [4.69, 9.17) is 10.5 Å². The molecular weight excluding hydrogens is 219 g/mol. The van der Waals surface area contributed by atoms with Crippen molar-refractivity contribution in [2.75, 3.05) is 24.6 Å². The Labute approximate surface area is 101 Å². The molecule has 0 amide bonds. The zero-order chi connectivity index (χ0) is 12.3. The molecule has 0 saturated carbocycles. The molecule has 2 N–H and O–H groups in total. The Balaban J connectivity index is 2.17. The minimum atomic E-state index is -0.220. The van der Waals surface area contributed by atoms with Gasteiger partial charge in [0.15, 0.2) is 0 Å². The van der Waals surface area contributed by atoms with Crippen LogP contribution in [0.15, 0.2) is 18.2 Å². The average molecular weight is 238 g/mol. The molecule has 0 spiro atoms. The highest BCUT2D eigenvalue weighted by atomic mass is 19.1. The average Bonchev–Trinajstić information content (AvgIpc) is 2.54. The second kappa shape index (κ2) is 5.47. The van der Waals surface area contributed by atoms with Gasteiger partial charge in [0.25, 0.3) is 0 Å². The summed E-state index contributed by atoms with van der Waals surface area (Å²) in [5, 5.41) is 0. The summed E-state index contributed by atoms with van der Waals surface area (Å²) in [5.74, 6) is -0.220. The number of nitrogens with zero attached hydrogens (tertiary/aromatic N) is 1. The first-order valence-corrected chi connectivity index (χ1v) is 6.05. The molecule has 1 aromatic rings. The molecule has 3 nitrogen and oxygen atoms in total. The predicted octanol–water partition coefficient (Wildman–Crippen LogP) is 1.90. The van der Waals surface area contributed by atoms with Crippen LogP contribution in [-0.2, 0) is 11.3 Å². The van der Waals surface area contributed by atoms with Crippen LogP contribution in [0.2, 0.25) is 0 Å². The van der Waals surface area contributed by atoms with Gasteiger partial charge in [0.2, 0.25) is 0 Å². The Morgan fingerprint density at radius 3 is 3.06 bits per heavy atom. The van der Waals surface area contributed by atoms with E-state index < -0.39 is 0 Å². The van der Waals surface area contributed by atoms with Crippen molar-refractivity contribution in [3.8, 4) is 0 Å². The molecule has 94 valence electrons. The van der Waals surface area contributed by atoms with E-state index in [-0.39, 0.29) is 18.5 Å². The van der Waals surface area contributed by atoms with Gasteiger partial charge < -0.3 is 15.4 Å². The lowest BCUT2D eigenvalue weighted by Crippen LogP contribution is -2.30. The van der Waals surface area contributed by atoms with Gasteiger partial charge in [-0.05, 0) is 25.5 Å². The second-order valence-corrected chi connectivity index (χ2v) is 4.46. The summed E-state index contributed by atoms with van der Waals surface area (Å²) in [4.78, 5) is 2.17. The van der Waals surface area contributed by atoms with Crippen molar-refractivity contribution in [2.45, 2.75) is 26.0 Å². The van der Waals surface area contributed by atoms with Crippen molar-refractivity contribution < 1.29 is 9.13 Å². The van der Waals surface area contributed by atoms with Crippen LogP contribution in [0.5, 0.6) is 0 Å². The van der Waals surface area contributed by atoms with Gasteiger partial charge in [-0.25, -0.2) is 4.39 Å². The molecule has 1 heterocycles. The summed E-state index contributed by atoms with van der Waals surface area (Å²) in [6, 6.07) is 5.27. The second-order valence-electron chi connectivity index (χ2n) is 4.46. The van der Waals surface area contributed by atoms with Crippen molar-refractivity contribution in [1.82, 2.24) is 0 Å². The number of halogens is 1. The third-order valence-electron chi connectivity index (χ3n) is 3.07. The summed E-state index contributed by atoms with van der Waals surface area (Å²) >= 11 is 0. The first-order valence-electron chi connectivity index (χ1n) is 6.05. The van der Waals surface area contributed by atoms with Gasteiger partial charge in [-0.15, -0.1) is 0 Å². The molecule has 1 atom stereocenters. The maximum absolute atomic E-state index is 13.7. The lowest BCUT2D eigenvalue weighted by molar-refractivity contribution is 0.0821. The van der Waals surface area contributed by atoms with Crippen LogP contribution in [0, 0.1) is 5.82 Å². The van der Waals surface area contributed by atoms with Crippen LogP contribution in [0.4, 0.5) is 10.1 Å². The molecule has 0 bridgehead atoms. The van der Waals surface area contributed by atoms with E-state index in [2.05, 4.69) is 4.90 Å². The van der Waals surface area contributed by atoms with Gasteiger partial charge in [0.05, 0.1) is 6.10 Å². The summed E-state index contributed by atoms with van der Waals surface area (Å²) in [6.07, 6.45) is 1.17. The first-order chi connectivity index (χ1) is 8.20. The first kappa shape index (κ1) is 12.3. The van der Waals surface area contributed by atoms with Crippen LogP contribution in [0.3, 0.4) is 0 Å².